The van der Waals surface area contributed by atoms with Gasteiger partial charge in [-0.25, -0.2) is 9.97 Å². The van der Waals surface area contributed by atoms with Gasteiger partial charge in [0.1, 0.15) is 12.1 Å². The molecule has 0 aromatic carbocycles. The predicted octanol–water partition coefficient (Wildman–Crippen LogP) is 1.60. The van der Waals surface area contributed by atoms with Crippen molar-refractivity contribution in [1.29, 1.82) is 5.26 Å². The lowest BCUT2D eigenvalue weighted by Crippen LogP contribution is -2.28. The van der Waals surface area contributed by atoms with Gasteiger partial charge in [0, 0.05) is 19.2 Å². The molecule has 0 aliphatic carbocycles. The molecule has 80 valence electrons. The maximum atomic E-state index is 12.8. The summed E-state index contributed by atoms with van der Waals surface area (Å²) >= 11 is 0. The maximum absolute atomic E-state index is 12.8. The van der Waals surface area contributed by atoms with Crippen LogP contribution in [0.2, 0.25) is 0 Å². The molecule has 0 spiro atoms. The molecule has 0 aliphatic rings. The van der Waals surface area contributed by atoms with Crippen molar-refractivity contribution >= 4 is 5.82 Å². The van der Waals surface area contributed by atoms with Gasteiger partial charge in [-0.1, -0.05) is 0 Å². The number of anilines is 1. The fourth-order valence-corrected chi connectivity index (χ4v) is 1.25. The number of hydrogen-bond donors (Lipinski definition) is 0. The van der Waals surface area contributed by atoms with Crippen molar-refractivity contribution in [2.75, 3.05) is 18.0 Å². The molecule has 1 atom stereocenters. The Hall–Kier alpha value is -1.70. The molecule has 0 fully saturated rings. The summed E-state index contributed by atoms with van der Waals surface area (Å²) in [7, 11) is 0. The Balaban J connectivity index is 2.79. The van der Waals surface area contributed by atoms with Gasteiger partial charge in [0.2, 0.25) is 5.95 Å². The van der Waals surface area contributed by atoms with Crippen LogP contribution >= 0.6 is 0 Å². The molecular weight excluding hydrogens is 195 g/mol. The third-order valence-corrected chi connectivity index (χ3v) is 2.04. The molecule has 0 saturated carbocycles. The molecule has 5 heteroatoms. The summed E-state index contributed by atoms with van der Waals surface area (Å²) in [4.78, 5) is 9.20. The Morgan fingerprint density at radius 3 is 2.87 bits per heavy atom. The molecule has 0 bridgehead atoms. The zero-order valence-electron chi connectivity index (χ0n) is 8.81. The lowest BCUT2D eigenvalue weighted by atomic mass is 10.2. The van der Waals surface area contributed by atoms with E-state index >= 15 is 0 Å². The summed E-state index contributed by atoms with van der Waals surface area (Å²) in [6.07, 6.45) is 1.18. The van der Waals surface area contributed by atoms with Crippen LogP contribution in [0.1, 0.15) is 13.8 Å². The van der Waals surface area contributed by atoms with Crippen molar-refractivity contribution in [3.63, 3.8) is 0 Å². The molecule has 1 rings (SSSR count). The fraction of sp³-hybridized carbons (Fsp3) is 0.500. The number of halogens is 1. The number of hydrogen-bond acceptors (Lipinski definition) is 4. The minimum atomic E-state index is -0.553. The van der Waals surface area contributed by atoms with Crippen molar-refractivity contribution in [3.05, 3.63) is 18.3 Å². The number of rotatable bonds is 4. The van der Waals surface area contributed by atoms with Crippen molar-refractivity contribution in [1.82, 2.24) is 9.97 Å². The second-order valence-electron chi connectivity index (χ2n) is 3.27. The van der Waals surface area contributed by atoms with E-state index in [0.29, 0.717) is 18.9 Å². The van der Waals surface area contributed by atoms with E-state index in [2.05, 4.69) is 16.0 Å². The Morgan fingerprint density at radius 2 is 2.33 bits per heavy atom. The zero-order chi connectivity index (χ0) is 11.3. The second kappa shape index (κ2) is 5.25. The minimum Gasteiger partial charge on any atom is -0.355 e. The van der Waals surface area contributed by atoms with Gasteiger partial charge in [-0.05, 0) is 13.8 Å². The molecule has 4 nitrogen and oxygen atoms in total. The first-order valence-electron chi connectivity index (χ1n) is 4.79. The van der Waals surface area contributed by atoms with Gasteiger partial charge < -0.3 is 4.90 Å². The van der Waals surface area contributed by atoms with E-state index in [1.54, 1.807) is 0 Å². The standard InChI is InChI=1S/C10H13FN4/c1-3-15(6-8(2)5-12)10-4-9(11)13-7-14-10/h4,7-8H,3,6H2,1-2H3. The molecule has 0 N–H and O–H groups in total. The van der Waals surface area contributed by atoms with Crippen LogP contribution < -0.4 is 4.90 Å². The quantitative estimate of drug-likeness (QED) is 0.705. The first kappa shape index (κ1) is 11.4. The first-order valence-corrected chi connectivity index (χ1v) is 4.79. The lowest BCUT2D eigenvalue weighted by Gasteiger charge is -2.22. The minimum absolute atomic E-state index is 0.108. The van der Waals surface area contributed by atoms with E-state index in [-0.39, 0.29) is 5.92 Å². The number of nitriles is 1. The first-order chi connectivity index (χ1) is 7.17. The highest BCUT2D eigenvalue weighted by atomic mass is 19.1. The average molecular weight is 208 g/mol. The van der Waals surface area contributed by atoms with E-state index in [0.717, 1.165) is 0 Å². The molecule has 0 saturated heterocycles. The van der Waals surface area contributed by atoms with Crippen molar-refractivity contribution in [3.8, 4) is 6.07 Å². The Kier molecular flexibility index (Phi) is 3.98. The van der Waals surface area contributed by atoms with Crippen molar-refractivity contribution < 1.29 is 4.39 Å². The summed E-state index contributed by atoms with van der Waals surface area (Å²) in [6.45, 7) is 4.98. The summed E-state index contributed by atoms with van der Waals surface area (Å²) in [6, 6.07) is 3.41. The van der Waals surface area contributed by atoms with Crippen molar-refractivity contribution in [2.24, 2.45) is 5.92 Å². The molecule has 0 radical (unpaired) electrons. The Morgan fingerprint density at radius 1 is 1.60 bits per heavy atom. The van der Waals surface area contributed by atoms with Gasteiger partial charge in [-0.15, -0.1) is 0 Å². The monoisotopic (exact) mass is 208 g/mol. The predicted molar refractivity (Wildman–Crippen MR) is 54.7 cm³/mol. The third kappa shape index (κ3) is 3.17. The smallest absolute Gasteiger partial charge is 0.218 e. The van der Waals surface area contributed by atoms with Crippen LogP contribution in [0, 0.1) is 23.2 Å². The van der Waals surface area contributed by atoms with Crippen LogP contribution in [0.25, 0.3) is 0 Å². The van der Waals surface area contributed by atoms with Gasteiger partial charge in [0.15, 0.2) is 0 Å². The highest BCUT2D eigenvalue weighted by Crippen LogP contribution is 2.11. The second-order valence-corrected chi connectivity index (χ2v) is 3.27. The highest BCUT2D eigenvalue weighted by molar-refractivity contribution is 5.36. The van der Waals surface area contributed by atoms with Gasteiger partial charge in [0.05, 0.1) is 12.0 Å². The average Bonchev–Trinajstić information content (AvgIpc) is 2.25. The van der Waals surface area contributed by atoms with Gasteiger partial charge in [0.25, 0.3) is 0 Å². The maximum Gasteiger partial charge on any atom is 0.218 e. The molecule has 1 heterocycles. The fourth-order valence-electron chi connectivity index (χ4n) is 1.25. The summed E-state index contributed by atoms with van der Waals surface area (Å²) in [5.74, 6) is -0.141. The van der Waals surface area contributed by atoms with Crippen LogP contribution in [0.3, 0.4) is 0 Å². The zero-order valence-corrected chi connectivity index (χ0v) is 8.81. The summed E-state index contributed by atoms with van der Waals surface area (Å²) in [5.41, 5.74) is 0. The SMILES string of the molecule is CCN(CC(C)C#N)c1cc(F)ncn1. The van der Waals surface area contributed by atoms with E-state index in [4.69, 9.17) is 5.26 Å². The topological polar surface area (TPSA) is 52.8 Å². The normalized spacial score (nSPS) is 11.9. The number of aromatic nitrogens is 2. The van der Waals surface area contributed by atoms with Crippen LogP contribution in [-0.2, 0) is 0 Å². The summed E-state index contributed by atoms with van der Waals surface area (Å²) < 4.78 is 12.8. The van der Waals surface area contributed by atoms with E-state index < -0.39 is 5.95 Å². The third-order valence-electron chi connectivity index (χ3n) is 2.04. The van der Waals surface area contributed by atoms with E-state index in [9.17, 15) is 4.39 Å². The van der Waals surface area contributed by atoms with Crippen LogP contribution in [0.15, 0.2) is 12.4 Å². The van der Waals surface area contributed by atoms with Crippen LogP contribution in [0.5, 0.6) is 0 Å². The lowest BCUT2D eigenvalue weighted by molar-refractivity contribution is 0.576. The summed E-state index contributed by atoms with van der Waals surface area (Å²) in [5, 5.41) is 8.70. The molecular formula is C10H13FN4. The van der Waals surface area contributed by atoms with Crippen LogP contribution in [-0.4, -0.2) is 23.1 Å². The van der Waals surface area contributed by atoms with Gasteiger partial charge in [-0.2, -0.15) is 9.65 Å². The molecule has 1 aromatic heterocycles. The van der Waals surface area contributed by atoms with E-state index in [1.165, 1.54) is 12.4 Å². The molecule has 0 aliphatic heterocycles. The molecule has 0 amide bonds. The number of nitrogens with zero attached hydrogens (tertiary/aromatic N) is 4. The Bertz CT molecular complexity index is 361. The van der Waals surface area contributed by atoms with E-state index in [1.807, 2.05) is 18.7 Å². The van der Waals surface area contributed by atoms with Gasteiger partial charge in [-0.3, -0.25) is 0 Å². The molecule has 1 aromatic rings. The molecule has 1 unspecified atom stereocenters. The van der Waals surface area contributed by atoms with Gasteiger partial charge >= 0.3 is 0 Å². The van der Waals surface area contributed by atoms with Crippen LogP contribution in [0.4, 0.5) is 10.2 Å². The highest BCUT2D eigenvalue weighted by Gasteiger charge is 2.10. The Labute approximate surface area is 88.4 Å². The van der Waals surface area contributed by atoms with Crippen molar-refractivity contribution in [2.45, 2.75) is 13.8 Å². The molecule has 15 heavy (non-hydrogen) atoms. The largest absolute Gasteiger partial charge is 0.355 e.